The van der Waals surface area contributed by atoms with E-state index < -0.39 is 29.7 Å². The number of hydrogen-bond acceptors (Lipinski definition) is 5. The van der Waals surface area contributed by atoms with Crippen LogP contribution in [-0.4, -0.2) is 38.5 Å². The van der Waals surface area contributed by atoms with E-state index >= 15 is 0 Å². The van der Waals surface area contributed by atoms with Gasteiger partial charge in [0.15, 0.2) is 5.01 Å². The highest BCUT2D eigenvalue weighted by Crippen LogP contribution is 2.36. The van der Waals surface area contributed by atoms with Gasteiger partial charge in [0.2, 0.25) is 0 Å². The first kappa shape index (κ1) is 19.2. The van der Waals surface area contributed by atoms with Gasteiger partial charge in [-0.2, -0.15) is 5.10 Å². The number of hydrogen-bond donors (Lipinski definition) is 2. The zero-order valence-electron chi connectivity index (χ0n) is 14.3. The third kappa shape index (κ3) is 3.36. The first-order valence-corrected chi connectivity index (χ1v) is 9.69. The van der Waals surface area contributed by atoms with Crippen LogP contribution in [0.3, 0.4) is 0 Å². The van der Waals surface area contributed by atoms with Gasteiger partial charge in [-0.1, -0.05) is 22.9 Å². The number of nitrogens with zero attached hydrogens (tertiary/aromatic N) is 3. The van der Waals surface area contributed by atoms with Crippen molar-refractivity contribution in [3.63, 3.8) is 0 Å². The number of pyridine rings is 1. The molecule has 11 heteroatoms. The van der Waals surface area contributed by atoms with Crippen LogP contribution in [0, 0.1) is 5.82 Å². The van der Waals surface area contributed by atoms with E-state index in [1.54, 1.807) is 0 Å². The maximum absolute atomic E-state index is 14.1. The molecule has 3 heterocycles. The number of carbonyl (C=O) groups excluding carboxylic acids is 1. The van der Waals surface area contributed by atoms with E-state index in [1.165, 1.54) is 29.0 Å². The standard InChI is InChI=1S/C17H15ClF3N5OS/c18-14-12(9-6-23-26-7-8(19)3-4-11(9)26)24-16(28-14)15(27)25-13-10(22)2-1-5-17(13,20)21/h3-4,6-7,10,13H,1-2,5,22H2,(H,25,27)/t10-,13+/m0/s1. The number of carbonyl (C=O) groups is 1. The van der Waals surface area contributed by atoms with Crippen molar-refractivity contribution in [2.75, 3.05) is 0 Å². The molecule has 0 bridgehead atoms. The highest BCUT2D eigenvalue weighted by Gasteiger charge is 2.46. The number of nitrogens with two attached hydrogens (primary N) is 1. The lowest BCUT2D eigenvalue weighted by molar-refractivity contribution is -0.0674. The molecule has 0 aromatic carbocycles. The van der Waals surface area contributed by atoms with Crippen molar-refractivity contribution < 1.29 is 18.0 Å². The normalized spacial score (nSPS) is 21.8. The summed E-state index contributed by atoms with van der Waals surface area (Å²) in [5, 5.41) is 6.29. The van der Waals surface area contributed by atoms with Crippen LogP contribution in [0.2, 0.25) is 4.34 Å². The van der Waals surface area contributed by atoms with Crippen LogP contribution in [0.15, 0.2) is 24.5 Å². The quantitative estimate of drug-likeness (QED) is 0.667. The number of amides is 1. The summed E-state index contributed by atoms with van der Waals surface area (Å²) >= 11 is 7.10. The molecule has 6 nitrogen and oxygen atoms in total. The molecule has 3 aromatic heterocycles. The second-order valence-corrected chi connectivity index (χ2v) is 8.25. The van der Waals surface area contributed by atoms with Crippen LogP contribution in [0.4, 0.5) is 13.2 Å². The molecule has 28 heavy (non-hydrogen) atoms. The Kier molecular flexibility index (Phi) is 4.80. The van der Waals surface area contributed by atoms with Crippen LogP contribution >= 0.6 is 22.9 Å². The van der Waals surface area contributed by atoms with Crippen LogP contribution in [0.5, 0.6) is 0 Å². The molecule has 1 amide bonds. The Morgan fingerprint density at radius 2 is 2.21 bits per heavy atom. The van der Waals surface area contributed by atoms with Crippen molar-refractivity contribution in [1.29, 1.82) is 0 Å². The molecule has 1 fully saturated rings. The maximum atomic E-state index is 14.1. The highest BCUT2D eigenvalue weighted by molar-refractivity contribution is 7.18. The van der Waals surface area contributed by atoms with Gasteiger partial charge >= 0.3 is 0 Å². The van der Waals surface area contributed by atoms with Gasteiger partial charge in [0.1, 0.15) is 21.9 Å². The van der Waals surface area contributed by atoms with Gasteiger partial charge in [-0.3, -0.25) is 4.79 Å². The van der Waals surface area contributed by atoms with Gasteiger partial charge in [-0.25, -0.2) is 22.7 Å². The van der Waals surface area contributed by atoms with Crippen LogP contribution in [0.1, 0.15) is 29.1 Å². The van der Waals surface area contributed by atoms with Crippen LogP contribution < -0.4 is 11.1 Å². The summed E-state index contributed by atoms with van der Waals surface area (Å²) in [4.78, 5) is 16.7. The molecule has 1 saturated carbocycles. The van der Waals surface area contributed by atoms with Gasteiger partial charge in [0, 0.05) is 18.0 Å². The zero-order valence-corrected chi connectivity index (χ0v) is 15.9. The number of aromatic nitrogens is 3. The van der Waals surface area contributed by atoms with Crippen molar-refractivity contribution in [1.82, 2.24) is 19.9 Å². The van der Waals surface area contributed by atoms with E-state index in [0.29, 0.717) is 23.9 Å². The third-order valence-electron chi connectivity index (χ3n) is 4.73. The second-order valence-electron chi connectivity index (χ2n) is 6.64. The predicted octanol–water partition coefficient (Wildman–Crippen LogP) is 3.50. The minimum absolute atomic E-state index is 0.0602. The average molecular weight is 430 g/mol. The van der Waals surface area contributed by atoms with Crippen molar-refractivity contribution in [2.45, 2.75) is 37.3 Å². The molecule has 4 rings (SSSR count). The summed E-state index contributed by atoms with van der Waals surface area (Å²) in [6.07, 6.45) is 3.03. The summed E-state index contributed by atoms with van der Waals surface area (Å²) < 4.78 is 43.1. The van der Waals surface area contributed by atoms with Crippen molar-refractivity contribution in [3.05, 3.63) is 39.7 Å². The molecule has 0 aliphatic heterocycles. The van der Waals surface area contributed by atoms with Crippen molar-refractivity contribution in [3.8, 4) is 11.3 Å². The average Bonchev–Trinajstić information content (AvgIpc) is 3.20. The van der Waals surface area contributed by atoms with Gasteiger partial charge in [0.25, 0.3) is 11.8 Å². The summed E-state index contributed by atoms with van der Waals surface area (Å²) in [6, 6.07) is 0.479. The number of nitrogens with one attached hydrogen (secondary N) is 1. The number of alkyl halides is 2. The van der Waals surface area contributed by atoms with E-state index in [1.807, 2.05) is 0 Å². The smallest absolute Gasteiger partial charge is 0.280 e. The number of thiazole rings is 1. The third-order valence-corrected chi connectivity index (χ3v) is 5.99. The lowest BCUT2D eigenvalue weighted by Crippen LogP contribution is -2.59. The molecule has 3 aromatic rings. The number of rotatable bonds is 3. The first-order valence-electron chi connectivity index (χ1n) is 8.50. The van der Waals surface area contributed by atoms with Crippen molar-refractivity contribution in [2.24, 2.45) is 5.73 Å². The fraction of sp³-hybridized carbons (Fsp3) is 0.353. The molecule has 3 N–H and O–H groups in total. The van der Waals surface area contributed by atoms with Gasteiger partial charge in [-0.05, 0) is 25.0 Å². The molecule has 0 spiro atoms. The van der Waals surface area contributed by atoms with Crippen molar-refractivity contribution >= 4 is 34.4 Å². The predicted molar refractivity (Wildman–Crippen MR) is 99.3 cm³/mol. The lowest BCUT2D eigenvalue weighted by atomic mass is 9.87. The minimum Gasteiger partial charge on any atom is -0.340 e. The Hall–Kier alpha value is -2.17. The topological polar surface area (TPSA) is 85.3 Å². The maximum Gasteiger partial charge on any atom is 0.280 e. The van der Waals surface area contributed by atoms with Gasteiger partial charge in [-0.15, -0.1) is 0 Å². The van der Waals surface area contributed by atoms with Crippen LogP contribution in [0.25, 0.3) is 16.8 Å². The molecule has 0 unspecified atom stereocenters. The summed E-state index contributed by atoms with van der Waals surface area (Å²) in [7, 11) is 0. The Balaban J connectivity index is 1.63. The highest BCUT2D eigenvalue weighted by atomic mass is 35.5. The zero-order chi connectivity index (χ0) is 20.1. The van der Waals surface area contributed by atoms with E-state index in [9.17, 15) is 18.0 Å². The summed E-state index contributed by atoms with van der Waals surface area (Å²) in [5.74, 6) is -4.30. The van der Waals surface area contributed by atoms with E-state index in [-0.39, 0.29) is 21.5 Å². The summed E-state index contributed by atoms with van der Waals surface area (Å²) in [5.41, 5.74) is 7.11. The molecule has 0 saturated heterocycles. The number of halogens is 4. The molecular formula is C17H15ClF3N5OS. The Morgan fingerprint density at radius 3 is 2.96 bits per heavy atom. The lowest BCUT2D eigenvalue weighted by Gasteiger charge is -2.36. The molecular weight excluding hydrogens is 415 g/mol. The minimum atomic E-state index is -3.08. The Bertz CT molecular complexity index is 1050. The molecule has 1 aliphatic rings. The molecule has 2 atom stereocenters. The SMILES string of the molecule is N[C@H]1CCCC(F)(F)[C@@H]1NC(=O)c1nc(-c2cnn3cc(F)ccc23)c(Cl)s1. The molecule has 1 aliphatic carbocycles. The van der Waals surface area contributed by atoms with E-state index in [0.717, 1.165) is 11.3 Å². The fourth-order valence-corrected chi connectivity index (χ4v) is 4.40. The number of fused-ring (bicyclic) bond motifs is 1. The molecule has 148 valence electrons. The molecule has 0 radical (unpaired) electrons. The first-order chi connectivity index (χ1) is 13.3. The van der Waals surface area contributed by atoms with Gasteiger partial charge in [0.05, 0.1) is 17.9 Å². The monoisotopic (exact) mass is 429 g/mol. The van der Waals surface area contributed by atoms with Gasteiger partial charge < -0.3 is 11.1 Å². The Labute approximate surface area is 166 Å². The fourth-order valence-electron chi connectivity index (χ4n) is 3.33. The largest absolute Gasteiger partial charge is 0.340 e. The van der Waals surface area contributed by atoms with E-state index in [4.69, 9.17) is 17.3 Å². The second kappa shape index (κ2) is 7.02. The Morgan fingerprint density at radius 1 is 1.43 bits per heavy atom. The van der Waals surface area contributed by atoms with Crippen LogP contribution in [-0.2, 0) is 0 Å². The summed E-state index contributed by atoms with van der Waals surface area (Å²) in [6.45, 7) is 0. The van der Waals surface area contributed by atoms with E-state index in [2.05, 4.69) is 15.4 Å².